The summed E-state index contributed by atoms with van der Waals surface area (Å²) in [6.07, 6.45) is 4.03. The Morgan fingerprint density at radius 1 is 1.05 bits per heavy atom. The van der Waals surface area contributed by atoms with Gasteiger partial charge in [-0.3, -0.25) is 4.79 Å². The van der Waals surface area contributed by atoms with Crippen LogP contribution in [0.5, 0.6) is 0 Å². The number of aromatic nitrogens is 2. The van der Waals surface area contributed by atoms with E-state index in [-0.39, 0.29) is 11.6 Å². The van der Waals surface area contributed by atoms with Crippen molar-refractivity contribution in [2.24, 2.45) is 29.6 Å². The van der Waals surface area contributed by atoms with Crippen LogP contribution in [0.15, 0.2) is 23.0 Å². The minimum atomic E-state index is -0.217. The zero-order valence-corrected chi connectivity index (χ0v) is 11.1. The fourth-order valence-electron chi connectivity index (χ4n) is 5.05. The molecule has 4 unspecified atom stereocenters. The molecule has 0 aliphatic heterocycles. The molecule has 1 heterocycles. The van der Waals surface area contributed by atoms with E-state index in [1.54, 1.807) is 0 Å². The molecule has 0 radical (unpaired) electrons. The van der Waals surface area contributed by atoms with E-state index in [2.05, 4.69) is 9.97 Å². The number of Topliss-reactive ketones (excluding diaryl/α,β-unsaturated/α-hetero) is 1. The van der Waals surface area contributed by atoms with Crippen LogP contribution in [0.1, 0.15) is 29.6 Å². The van der Waals surface area contributed by atoms with Crippen molar-refractivity contribution in [3.63, 3.8) is 0 Å². The van der Waals surface area contributed by atoms with E-state index < -0.39 is 0 Å². The maximum atomic E-state index is 12.7. The molecule has 5 rings (SSSR count). The van der Waals surface area contributed by atoms with E-state index in [0.29, 0.717) is 17.6 Å². The number of fused-ring (bicyclic) bond motifs is 6. The molecule has 1 aromatic carbocycles. The smallest absolute Gasteiger partial charge is 0.306 e. The zero-order valence-electron chi connectivity index (χ0n) is 11.1. The average Bonchev–Trinajstić information content (AvgIpc) is 2.76. The highest BCUT2D eigenvalue weighted by Crippen LogP contribution is 2.69. The first-order valence-corrected chi connectivity index (χ1v) is 7.48. The summed E-state index contributed by atoms with van der Waals surface area (Å²) in [7, 11) is 0. The van der Waals surface area contributed by atoms with Crippen LogP contribution in [0.3, 0.4) is 0 Å². The van der Waals surface area contributed by atoms with Crippen LogP contribution in [0.4, 0.5) is 0 Å². The summed E-state index contributed by atoms with van der Waals surface area (Å²) in [5.74, 6) is 3.53. The number of imidazole rings is 1. The van der Waals surface area contributed by atoms with E-state index >= 15 is 0 Å². The van der Waals surface area contributed by atoms with E-state index in [4.69, 9.17) is 0 Å². The Hall–Kier alpha value is -1.84. The van der Waals surface area contributed by atoms with Gasteiger partial charge in [0.05, 0.1) is 11.0 Å². The van der Waals surface area contributed by atoms with Gasteiger partial charge in [0.25, 0.3) is 0 Å². The van der Waals surface area contributed by atoms with Gasteiger partial charge in [-0.05, 0) is 61.1 Å². The van der Waals surface area contributed by atoms with Crippen molar-refractivity contribution in [3.05, 3.63) is 34.2 Å². The third kappa shape index (κ3) is 1.27. The molecule has 2 aromatic rings. The van der Waals surface area contributed by atoms with Crippen molar-refractivity contribution in [2.75, 3.05) is 0 Å². The molecule has 0 saturated heterocycles. The number of ketones is 1. The second-order valence-electron chi connectivity index (χ2n) is 6.72. The van der Waals surface area contributed by atoms with E-state index in [1.165, 1.54) is 19.3 Å². The molecule has 0 spiro atoms. The Bertz CT molecular complexity index is 771. The molecule has 4 atom stereocenters. The Morgan fingerprint density at radius 2 is 1.75 bits per heavy atom. The first-order chi connectivity index (χ1) is 9.72. The largest absolute Gasteiger partial charge is 0.323 e. The maximum Gasteiger partial charge on any atom is 0.323 e. The topological polar surface area (TPSA) is 65.7 Å². The van der Waals surface area contributed by atoms with Gasteiger partial charge in [-0.1, -0.05) is 0 Å². The number of nitrogens with one attached hydrogen (secondary N) is 2. The fraction of sp³-hybridized carbons (Fsp3) is 0.500. The maximum absolute atomic E-state index is 12.7. The van der Waals surface area contributed by atoms with Gasteiger partial charge in [0, 0.05) is 11.5 Å². The van der Waals surface area contributed by atoms with Crippen LogP contribution in [-0.2, 0) is 0 Å². The van der Waals surface area contributed by atoms with Gasteiger partial charge >= 0.3 is 5.69 Å². The Kier molecular flexibility index (Phi) is 1.87. The molecule has 1 aromatic heterocycles. The van der Waals surface area contributed by atoms with Crippen LogP contribution in [0.2, 0.25) is 0 Å². The number of carbonyl (C=O) groups excluding carboxylic acids is 1. The number of H-pyrrole nitrogens is 2. The summed E-state index contributed by atoms with van der Waals surface area (Å²) in [6, 6.07) is 5.50. The van der Waals surface area contributed by atoms with Crippen molar-refractivity contribution in [1.82, 2.24) is 9.97 Å². The zero-order chi connectivity index (χ0) is 13.4. The summed E-state index contributed by atoms with van der Waals surface area (Å²) in [5, 5.41) is 0. The molecular weight excluding hydrogens is 252 g/mol. The molecule has 102 valence electrons. The lowest BCUT2D eigenvalue weighted by Gasteiger charge is -2.07. The van der Waals surface area contributed by atoms with Gasteiger partial charge in [0.1, 0.15) is 0 Å². The van der Waals surface area contributed by atoms with E-state index in [0.717, 1.165) is 28.4 Å². The van der Waals surface area contributed by atoms with Gasteiger partial charge in [0.15, 0.2) is 5.78 Å². The number of hydrogen-bond acceptors (Lipinski definition) is 2. The van der Waals surface area contributed by atoms with Gasteiger partial charge < -0.3 is 9.97 Å². The van der Waals surface area contributed by atoms with Crippen LogP contribution in [-0.4, -0.2) is 15.8 Å². The summed E-state index contributed by atoms with van der Waals surface area (Å²) in [6.45, 7) is 0. The second kappa shape index (κ2) is 3.43. The molecule has 3 aliphatic carbocycles. The predicted molar refractivity (Wildman–Crippen MR) is 74.6 cm³/mol. The first kappa shape index (κ1) is 10.9. The molecule has 2 N–H and O–H groups in total. The average molecular weight is 268 g/mol. The standard InChI is InChI=1S/C16H16N2O2/c19-15(14-12-7-1-2-8(5-7)13(12)14)9-3-4-10-11(6-9)18-16(20)17-10/h3-4,6-8,12-14H,1-2,5H2,(H2,17,18,20). The van der Waals surface area contributed by atoms with Crippen LogP contribution < -0.4 is 5.69 Å². The molecule has 3 saturated carbocycles. The quantitative estimate of drug-likeness (QED) is 0.821. The highest BCUT2D eigenvalue weighted by atomic mass is 16.1. The lowest BCUT2D eigenvalue weighted by Crippen LogP contribution is -2.10. The molecule has 3 aliphatic rings. The lowest BCUT2D eigenvalue weighted by molar-refractivity contribution is 0.0944. The lowest BCUT2D eigenvalue weighted by atomic mass is 9.96. The van der Waals surface area contributed by atoms with Crippen molar-refractivity contribution in [2.45, 2.75) is 19.3 Å². The Morgan fingerprint density at radius 3 is 2.50 bits per heavy atom. The second-order valence-corrected chi connectivity index (χ2v) is 6.72. The Labute approximate surface area is 115 Å². The Balaban J connectivity index is 1.50. The van der Waals surface area contributed by atoms with Gasteiger partial charge in [-0.25, -0.2) is 4.79 Å². The van der Waals surface area contributed by atoms with E-state index in [1.807, 2.05) is 18.2 Å². The summed E-state index contributed by atoms with van der Waals surface area (Å²) in [4.78, 5) is 29.4. The molecule has 20 heavy (non-hydrogen) atoms. The number of rotatable bonds is 2. The number of carbonyl (C=O) groups is 1. The summed E-state index contributed by atoms with van der Waals surface area (Å²) < 4.78 is 0. The molecule has 4 nitrogen and oxygen atoms in total. The fourth-order valence-corrected chi connectivity index (χ4v) is 5.05. The minimum absolute atomic E-state index is 0.217. The normalized spacial score (nSPS) is 37.3. The summed E-state index contributed by atoms with van der Waals surface area (Å²) >= 11 is 0. The SMILES string of the molecule is O=C(c1ccc2[nH]c(=O)[nH]c2c1)C1C2C3CCC(C3)C12. The van der Waals surface area contributed by atoms with Crippen LogP contribution in [0, 0.1) is 29.6 Å². The number of benzene rings is 1. The summed E-state index contributed by atoms with van der Waals surface area (Å²) in [5.41, 5.74) is 2.04. The molecular formula is C16H16N2O2. The molecule has 2 bridgehead atoms. The highest BCUT2D eigenvalue weighted by Gasteiger charge is 2.67. The third-order valence-electron chi connectivity index (χ3n) is 5.84. The first-order valence-electron chi connectivity index (χ1n) is 7.48. The molecule has 0 amide bonds. The molecule has 3 fully saturated rings. The van der Waals surface area contributed by atoms with Crippen molar-refractivity contribution in [3.8, 4) is 0 Å². The molecule has 4 heteroatoms. The van der Waals surface area contributed by atoms with Crippen LogP contribution in [0.25, 0.3) is 11.0 Å². The van der Waals surface area contributed by atoms with Gasteiger partial charge in [-0.2, -0.15) is 0 Å². The van der Waals surface area contributed by atoms with Gasteiger partial charge in [0.2, 0.25) is 0 Å². The number of hydrogen-bond donors (Lipinski definition) is 2. The van der Waals surface area contributed by atoms with Crippen LogP contribution >= 0.6 is 0 Å². The third-order valence-corrected chi connectivity index (χ3v) is 5.84. The highest BCUT2D eigenvalue weighted by molar-refractivity contribution is 6.02. The van der Waals surface area contributed by atoms with Crippen molar-refractivity contribution >= 4 is 16.8 Å². The van der Waals surface area contributed by atoms with Crippen molar-refractivity contribution < 1.29 is 4.79 Å². The van der Waals surface area contributed by atoms with E-state index in [9.17, 15) is 9.59 Å². The monoisotopic (exact) mass is 268 g/mol. The van der Waals surface area contributed by atoms with Gasteiger partial charge in [-0.15, -0.1) is 0 Å². The van der Waals surface area contributed by atoms with Crippen molar-refractivity contribution in [1.29, 1.82) is 0 Å². The minimum Gasteiger partial charge on any atom is -0.306 e. The predicted octanol–water partition coefficient (Wildman–Crippen LogP) is 2.33. The number of aromatic amines is 2.